The van der Waals surface area contributed by atoms with Crippen molar-refractivity contribution in [2.24, 2.45) is 0 Å². The van der Waals surface area contributed by atoms with E-state index >= 15 is 0 Å². The summed E-state index contributed by atoms with van der Waals surface area (Å²) >= 11 is 9.28. The zero-order chi connectivity index (χ0) is 18.7. The second-order valence-electron chi connectivity index (χ2n) is 5.50. The first-order chi connectivity index (χ1) is 12.4. The number of carbonyl (C=O) groups is 2. The average molecular weight is 434 g/mol. The molecule has 2 aromatic carbocycles. The number of hydrogen-bond donors (Lipinski definition) is 3. The Morgan fingerprint density at radius 2 is 1.92 bits per heavy atom. The van der Waals surface area contributed by atoms with Crippen molar-refractivity contribution < 1.29 is 9.59 Å². The third kappa shape index (κ3) is 4.12. The Kier molecular flexibility index (Phi) is 5.39. The van der Waals surface area contributed by atoms with Gasteiger partial charge in [-0.1, -0.05) is 39.7 Å². The predicted octanol–water partition coefficient (Wildman–Crippen LogP) is 4.64. The van der Waals surface area contributed by atoms with Crippen LogP contribution >= 0.6 is 27.5 Å². The molecule has 6 nitrogen and oxygen atoms in total. The molecular formula is C18H14BrClN4O2. The van der Waals surface area contributed by atoms with Crippen LogP contribution in [0.2, 0.25) is 5.02 Å². The number of halogens is 2. The fourth-order valence-electron chi connectivity index (χ4n) is 2.31. The monoisotopic (exact) mass is 432 g/mol. The quantitative estimate of drug-likeness (QED) is 0.560. The lowest BCUT2D eigenvalue weighted by atomic mass is 10.2. The fourth-order valence-corrected chi connectivity index (χ4v) is 2.86. The maximum atomic E-state index is 12.6. The van der Waals surface area contributed by atoms with Gasteiger partial charge in [0.1, 0.15) is 5.69 Å². The largest absolute Gasteiger partial charge is 0.340 e. The molecule has 0 bridgehead atoms. The van der Waals surface area contributed by atoms with Gasteiger partial charge in [-0.05, 0) is 42.8 Å². The molecule has 0 saturated heterocycles. The lowest BCUT2D eigenvalue weighted by Gasteiger charge is -2.09. The van der Waals surface area contributed by atoms with Crippen LogP contribution in [-0.4, -0.2) is 21.8 Å². The average Bonchev–Trinajstić information content (AvgIpc) is 3.08. The first-order valence-corrected chi connectivity index (χ1v) is 8.79. The summed E-state index contributed by atoms with van der Waals surface area (Å²) in [5, 5.41) is 5.95. The molecular weight excluding hydrogens is 420 g/mol. The van der Waals surface area contributed by atoms with E-state index in [-0.39, 0.29) is 11.4 Å². The van der Waals surface area contributed by atoms with Gasteiger partial charge < -0.3 is 15.6 Å². The highest BCUT2D eigenvalue weighted by atomic mass is 79.9. The Labute approximate surface area is 163 Å². The number of anilines is 2. The van der Waals surface area contributed by atoms with Crippen LogP contribution in [0.1, 0.15) is 26.5 Å². The fraction of sp³-hybridized carbons (Fsp3) is 0.0556. The molecule has 0 saturated carbocycles. The van der Waals surface area contributed by atoms with Crippen molar-refractivity contribution >= 4 is 50.7 Å². The Morgan fingerprint density at radius 3 is 2.69 bits per heavy atom. The van der Waals surface area contributed by atoms with Crippen molar-refractivity contribution in [3.8, 4) is 0 Å². The topological polar surface area (TPSA) is 86.9 Å². The predicted molar refractivity (Wildman–Crippen MR) is 105 cm³/mol. The lowest BCUT2D eigenvalue weighted by Crippen LogP contribution is -2.20. The van der Waals surface area contributed by atoms with Gasteiger partial charge in [-0.2, -0.15) is 0 Å². The van der Waals surface area contributed by atoms with Gasteiger partial charge in [0, 0.05) is 20.9 Å². The smallest absolute Gasteiger partial charge is 0.276 e. The molecule has 0 aliphatic carbocycles. The number of nitrogens with zero attached hydrogens (tertiary/aromatic N) is 1. The van der Waals surface area contributed by atoms with E-state index in [1.807, 2.05) is 19.1 Å². The third-order valence-corrected chi connectivity index (χ3v) is 4.34. The van der Waals surface area contributed by atoms with Crippen molar-refractivity contribution in [2.75, 3.05) is 10.6 Å². The minimum atomic E-state index is -0.485. The van der Waals surface area contributed by atoms with E-state index in [9.17, 15) is 9.59 Å². The van der Waals surface area contributed by atoms with Crippen LogP contribution in [0.5, 0.6) is 0 Å². The highest BCUT2D eigenvalue weighted by Crippen LogP contribution is 2.22. The highest BCUT2D eigenvalue weighted by Gasteiger charge is 2.21. The summed E-state index contributed by atoms with van der Waals surface area (Å²) in [6.45, 7) is 1.87. The van der Waals surface area contributed by atoms with Crippen molar-refractivity contribution in [2.45, 2.75) is 6.92 Å². The number of nitrogens with one attached hydrogen (secondary N) is 3. The minimum Gasteiger partial charge on any atom is -0.340 e. The van der Waals surface area contributed by atoms with Crippen LogP contribution in [-0.2, 0) is 0 Å². The minimum absolute atomic E-state index is 0.00361. The van der Waals surface area contributed by atoms with Gasteiger partial charge in [-0.15, -0.1) is 0 Å². The molecule has 3 N–H and O–H groups in total. The number of rotatable bonds is 4. The van der Waals surface area contributed by atoms with E-state index in [1.54, 1.807) is 30.3 Å². The Balaban J connectivity index is 1.80. The molecule has 0 unspecified atom stereocenters. The van der Waals surface area contributed by atoms with E-state index in [4.69, 9.17) is 11.6 Å². The molecule has 0 radical (unpaired) electrons. The molecule has 0 aliphatic rings. The standard InChI is InChI=1S/C18H14BrClN4O2/c1-10-5-6-11(19)7-14(10)24-18(26)16-15(21-9-22-16)17(25)23-13-4-2-3-12(20)8-13/h2-9H,1H3,(H,21,22)(H,23,25)(H,24,26). The molecule has 3 rings (SSSR count). The van der Waals surface area contributed by atoms with Crippen molar-refractivity contribution in [1.29, 1.82) is 0 Å². The van der Waals surface area contributed by atoms with E-state index in [2.05, 4.69) is 36.5 Å². The Bertz CT molecular complexity index is 987. The number of aromatic amines is 1. The van der Waals surface area contributed by atoms with E-state index < -0.39 is 11.8 Å². The van der Waals surface area contributed by atoms with Crippen LogP contribution in [0, 0.1) is 6.92 Å². The molecule has 3 aromatic rings. The van der Waals surface area contributed by atoms with Crippen molar-refractivity contribution in [3.63, 3.8) is 0 Å². The molecule has 0 atom stereocenters. The summed E-state index contributed by atoms with van der Waals surface area (Å²) in [5.74, 6) is -0.968. The van der Waals surface area contributed by atoms with Crippen LogP contribution in [0.25, 0.3) is 0 Å². The summed E-state index contributed by atoms with van der Waals surface area (Å²) in [7, 11) is 0. The van der Waals surface area contributed by atoms with E-state index in [1.165, 1.54) is 6.33 Å². The summed E-state index contributed by atoms with van der Waals surface area (Å²) in [4.78, 5) is 31.7. The molecule has 2 amide bonds. The molecule has 1 heterocycles. The molecule has 132 valence electrons. The van der Waals surface area contributed by atoms with Crippen LogP contribution in [0.15, 0.2) is 53.3 Å². The van der Waals surface area contributed by atoms with Crippen LogP contribution < -0.4 is 10.6 Å². The van der Waals surface area contributed by atoms with E-state index in [0.29, 0.717) is 16.4 Å². The molecule has 1 aromatic heterocycles. The number of amides is 2. The number of hydrogen-bond acceptors (Lipinski definition) is 3. The number of imidazole rings is 1. The third-order valence-electron chi connectivity index (χ3n) is 3.61. The first kappa shape index (κ1) is 18.2. The first-order valence-electron chi connectivity index (χ1n) is 7.62. The summed E-state index contributed by atoms with van der Waals surface area (Å²) in [5.41, 5.74) is 2.11. The number of aryl methyl sites for hydroxylation is 1. The molecule has 0 aliphatic heterocycles. The maximum absolute atomic E-state index is 12.6. The molecule has 8 heteroatoms. The van der Waals surface area contributed by atoms with Crippen LogP contribution in [0.3, 0.4) is 0 Å². The Hall–Kier alpha value is -2.64. The molecule has 0 spiro atoms. The number of aromatic nitrogens is 2. The van der Waals surface area contributed by atoms with E-state index in [0.717, 1.165) is 10.0 Å². The van der Waals surface area contributed by atoms with Gasteiger partial charge in [-0.3, -0.25) is 9.59 Å². The van der Waals surface area contributed by atoms with Crippen molar-refractivity contribution in [3.05, 3.63) is 75.2 Å². The van der Waals surface area contributed by atoms with Gasteiger partial charge in [0.2, 0.25) is 0 Å². The Morgan fingerprint density at radius 1 is 1.12 bits per heavy atom. The SMILES string of the molecule is Cc1ccc(Br)cc1NC(=O)c1nc[nH]c1C(=O)Nc1cccc(Cl)c1. The van der Waals surface area contributed by atoms with Gasteiger partial charge >= 0.3 is 0 Å². The number of benzene rings is 2. The second kappa shape index (κ2) is 7.72. The van der Waals surface area contributed by atoms with Gasteiger partial charge in [0.15, 0.2) is 5.69 Å². The molecule has 0 fully saturated rings. The van der Waals surface area contributed by atoms with Gasteiger partial charge in [0.05, 0.1) is 6.33 Å². The lowest BCUT2D eigenvalue weighted by molar-refractivity contribution is 0.0985. The second-order valence-corrected chi connectivity index (χ2v) is 6.86. The van der Waals surface area contributed by atoms with Crippen molar-refractivity contribution in [1.82, 2.24) is 9.97 Å². The number of carbonyl (C=O) groups excluding carboxylic acids is 2. The maximum Gasteiger partial charge on any atom is 0.276 e. The summed E-state index contributed by atoms with van der Waals surface area (Å²) in [6.07, 6.45) is 1.30. The molecule has 26 heavy (non-hydrogen) atoms. The van der Waals surface area contributed by atoms with Crippen LogP contribution in [0.4, 0.5) is 11.4 Å². The summed E-state index contributed by atoms with van der Waals surface area (Å²) < 4.78 is 0.833. The highest BCUT2D eigenvalue weighted by molar-refractivity contribution is 9.10. The normalized spacial score (nSPS) is 10.4. The zero-order valence-electron chi connectivity index (χ0n) is 13.6. The zero-order valence-corrected chi connectivity index (χ0v) is 16.0. The number of H-pyrrole nitrogens is 1. The van der Waals surface area contributed by atoms with Gasteiger partial charge in [0.25, 0.3) is 11.8 Å². The van der Waals surface area contributed by atoms with Gasteiger partial charge in [-0.25, -0.2) is 4.98 Å². The summed E-state index contributed by atoms with van der Waals surface area (Å²) in [6, 6.07) is 12.3.